The Balaban J connectivity index is 2.17. The molecule has 32 heavy (non-hydrogen) atoms. The number of phenols is 1. The molecule has 0 bridgehead atoms. The Kier molecular flexibility index (Phi) is 6.61. The van der Waals surface area contributed by atoms with Gasteiger partial charge in [-0.1, -0.05) is 25.5 Å². The van der Waals surface area contributed by atoms with E-state index in [1.165, 1.54) is 30.5 Å². The Bertz CT molecular complexity index is 1150. The fraction of sp³-hybridized carbons (Fsp3) is 0.273. The minimum atomic E-state index is -4.55. The van der Waals surface area contributed by atoms with Crippen LogP contribution in [0.1, 0.15) is 48.9 Å². The summed E-state index contributed by atoms with van der Waals surface area (Å²) in [6, 6.07) is 6.94. The van der Waals surface area contributed by atoms with Crippen molar-refractivity contribution < 1.29 is 28.0 Å². The van der Waals surface area contributed by atoms with Crippen molar-refractivity contribution in [1.29, 1.82) is 0 Å². The van der Waals surface area contributed by atoms with Gasteiger partial charge in [0, 0.05) is 24.2 Å². The first-order chi connectivity index (χ1) is 15.1. The van der Waals surface area contributed by atoms with Crippen molar-refractivity contribution in [2.24, 2.45) is 0 Å². The number of carbonyl (C=O) groups is 1. The van der Waals surface area contributed by atoms with Crippen LogP contribution in [0.15, 0.2) is 48.7 Å². The number of unbranched alkanes of at least 4 members (excludes halogenated alkanes) is 1. The topological polar surface area (TPSA) is 105 Å². The van der Waals surface area contributed by atoms with Crippen molar-refractivity contribution in [3.8, 4) is 5.75 Å². The summed E-state index contributed by atoms with van der Waals surface area (Å²) in [6.07, 6.45) is -1.72. The molecule has 2 N–H and O–H groups in total. The first-order valence-corrected chi connectivity index (χ1v) is 9.85. The first kappa shape index (κ1) is 23.0. The third-order valence-corrected chi connectivity index (χ3v) is 5.02. The Morgan fingerprint density at radius 3 is 2.53 bits per heavy atom. The molecule has 3 aromatic rings. The van der Waals surface area contributed by atoms with Gasteiger partial charge in [-0.15, -0.1) is 0 Å². The van der Waals surface area contributed by atoms with Crippen LogP contribution in [0.2, 0.25) is 0 Å². The van der Waals surface area contributed by atoms with Crippen LogP contribution < -0.4 is 5.32 Å². The normalized spacial score (nSPS) is 12.5. The highest BCUT2D eigenvalue weighted by Gasteiger charge is 2.31. The van der Waals surface area contributed by atoms with Gasteiger partial charge in [-0.3, -0.25) is 19.9 Å². The predicted octanol–water partition coefficient (Wildman–Crippen LogP) is 5.26. The third kappa shape index (κ3) is 4.79. The van der Waals surface area contributed by atoms with Gasteiger partial charge in [0.15, 0.2) is 0 Å². The molecule has 0 aliphatic rings. The van der Waals surface area contributed by atoms with Crippen LogP contribution in [-0.4, -0.2) is 20.9 Å². The smallest absolute Gasteiger partial charge is 0.416 e. The summed E-state index contributed by atoms with van der Waals surface area (Å²) >= 11 is 0. The number of non-ortho nitro benzene ring substituents is 1. The zero-order valence-corrected chi connectivity index (χ0v) is 17.0. The summed E-state index contributed by atoms with van der Waals surface area (Å²) < 4.78 is 38.9. The molecule has 3 rings (SSSR count). The quantitative estimate of drug-likeness (QED) is 0.380. The summed E-state index contributed by atoms with van der Waals surface area (Å²) in [5.74, 6) is -0.799. The van der Waals surface area contributed by atoms with Gasteiger partial charge >= 0.3 is 6.18 Å². The van der Waals surface area contributed by atoms with E-state index in [0.717, 1.165) is 24.6 Å². The van der Waals surface area contributed by atoms with Crippen LogP contribution in [0.4, 0.5) is 18.9 Å². The van der Waals surface area contributed by atoms with Gasteiger partial charge in [0.25, 0.3) is 5.69 Å². The zero-order chi connectivity index (χ0) is 23.5. The maximum atomic E-state index is 13.0. The average molecular weight is 447 g/mol. The highest BCUT2D eigenvalue weighted by molar-refractivity contribution is 5.94. The van der Waals surface area contributed by atoms with E-state index in [0.29, 0.717) is 6.42 Å². The minimum Gasteiger partial charge on any atom is -0.505 e. The molecule has 7 nitrogen and oxygen atoms in total. The number of phenolic OH excluding ortho intramolecular Hbond substituents is 1. The largest absolute Gasteiger partial charge is 0.505 e. The zero-order valence-electron chi connectivity index (χ0n) is 17.0. The number of nitrogens with one attached hydrogen (secondary N) is 1. The summed E-state index contributed by atoms with van der Waals surface area (Å²) in [7, 11) is 0. The molecule has 1 atom stereocenters. The first-order valence-electron chi connectivity index (χ1n) is 9.85. The second-order valence-corrected chi connectivity index (χ2v) is 7.21. The minimum absolute atomic E-state index is 0.0347. The highest BCUT2D eigenvalue weighted by atomic mass is 19.4. The van der Waals surface area contributed by atoms with E-state index in [4.69, 9.17) is 0 Å². The number of pyridine rings is 1. The summed E-state index contributed by atoms with van der Waals surface area (Å²) in [4.78, 5) is 27.5. The molecule has 0 fully saturated rings. The molecule has 168 valence electrons. The molecule has 0 aliphatic heterocycles. The average Bonchev–Trinajstić information content (AvgIpc) is 2.76. The van der Waals surface area contributed by atoms with E-state index >= 15 is 0 Å². The van der Waals surface area contributed by atoms with E-state index < -0.39 is 34.4 Å². The van der Waals surface area contributed by atoms with E-state index in [9.17, 15) is 33.2 Å². The maximum Gasteiger partial charge on any atom is 0.416 e. The fourth-order valence-corrected chi connectivity index (χ4v) is 3.38. The van der Waals surface area contributed by atoms with Gasteiger partial charge in [0.1, 0.15) is 11.3 Å². The molecule has 1 aromatic heterocycles. The van der Waals surface area contributed by atoms with Gasteiger partial charge in [-0.25, -0.2) is 0 Å². The molecule has 0 saturated carbocycles. The van der Waals surface area contributed by atoms with Crippen LogP contribution in [0.5, 0.6) is 5.75 Å². The lowest BCUT2D eigenvalue weighted by molar-refractivity contribution is -0.383. The standard InChI is InChI=1S/C22H20F3N3O4/c1-2-3-6-18(29)27-19(13-7-9-14(10-8-13)22(23,24)25)16-12-17(28(31)32)15-5-4-11-26-20(15)21(16)30/h4-5,7-12,19,30H,2-3,6H2,1H3,(H,27,29). The van der Waals surface area contributed by atoms with Crippen LogP contribution >= 0.6 is 0 Å². The molecular formula is C22H20F3N3O4. The van der Waals surface area contributed by atoms with E-state index in [1.807, 2.05) is 6.92 Å². The van der Waals surface area contributed by atoms with Gasteiger partial charge in [0.05, 0.1) is 21.9 Å². The number of hydrogen-bond donors (Lipinski definition) is 2. The number of rotatable bonds is 7. The molecule has 0 spiro atoms. The molecule has 1 heterocycles. The van der Waals surface area contributed by atoms with Crippen LogP contribution in [0.3, 0.4) is 0 Å². The number of alkyl halides is 3. The monoisotopic (exact) mass is 447 g/mol. The number of halogens is 3. The van der Waals surface area contributed by atoms with Crippen molar-refractivity contribution in [3.05, 3.63) is 75.5 Å². The van der Waals surface area contributed by atoms with Gasteiger partial charge in [-0.2, -0.15) is 13.2 Å². The molecule has 0 aliphatic carbocycles. The van der Waals surface area contributed by atoms with Gasteiger partial charge in [-0.05, 0) is 36.2 Å². The highest BCUT2D eigenvalue weighted by Crippen LogP contribution is 2.40. The Hall–Kier alpha value is -3.69. The van der Waals surface area contributed by atoms with Crippen LogP contribution in [0.25, 0.3) is 10.9 Å². The summed E-state index contributed by atoms with van der Waals surface area (Å²) in [5, 5.41) is 25.3. The number of aromatic hydroxyl groups is 1. The molecule has 1 amide bonds. The molecule has 2 aromatic carbocycles. The lowest BCUT2D eigenvalue weighted by Gasteiger charge is -2.22. The number of nitro benzene ring substituents is 1. The number of benzene rings is 2. The summed E-state index contributed by atoms with van der Waals surface area (Å²) in [6.45, 7) is 1.89. The Morgan fingerprint density at radius 1 is 1.25 bits per heavy atom. The Labute approximate surface area is 181 Å². The second kappa shape index (κ2) is 9.21. The predicted molar refractivity (Wildman–Crippen MR) is 111 cm³/mol. The molecule has 0 saturated heterocycles. The number of aromatic nitrogens is 1. The second-order valence-electron chi connectivity index (χ2n) is 7.21. The molecular weight excluding hydrogens is 427 g/mol. The van der Waals surface area contributed by atoms with Crippen molar-refractivity contribution in [2.75, 3.05) is 0 Å². The number of amides is 1. The SMILES string of the molecule is CCCCC(=O)NC(c1ccc(C(F)(F)F)cc1)c1cc([N+](=O)[O-])c2cccnc2c1O. The number of carbonyl (C=O) groups excluding carboxylic acids is 1. The fourth-order valence-electron chi connectivity index (χ4n) is 3.38. The van der Waals surface area contributed by atoms with Crippen LogP contribution in [-0.2, 0) is 11.0 Å². The summed E-state index contributed by atoms with van der Waals surface area (Å²) in [5.41, 5.74) is -1.08. The molecule has 0 radical (unpaired) electrons. The van der Waals surface area contributed by atoms with E-state index in [-0.39, 0.29) is 34.1 Å². The number of nitro groups is 1. The number of nitrogens with zero attached hydrogens (tertiary/aromatic N) is 2. The van der Waals surface area contributed by atoms with Crippen molar-refractivity contribution >= 4 is 22.5 Å². The van der Waals surface area contributed by atoms with Gasteiger partial charge in [0.2, 0.25) is 5.91 Å². The lowest BCUT2D eigenvalue weighted by Crippen LogP contribution is -2.29. The maximum absolute atomic E-state index is 13.0. The third-order valence-electron chi connectivity index (χ3n) is 5.02. The number of fused-ring (bicyclic) bond motifs is 1. The lowest BCUT2D eigenvalue weighted by atomic mass is 9.94. The molecule has 10 heteroatoms. The van der Waals surface area contributed by atoms with Crippen molar-refractivity contribution in [3.63, 3.8) is 0 Å². The van der Waals surface area contributed by atoms with Crippen LogP contribution in [0, 0.1) is 10.1 Å². The Morgan fingerprint density at radius 2 is 1.94 bits per heavy atom. The van der Waals surface area contributed by atoms with Crippen molar-refractivity contribution in [1.82, 2.24) is 10.3 Å². The van der Waals surface area contributed by atoms with Gasteiger partial charge < -0.3 is 10.4 Å². The van der Waals surface area contributed by atoms with E-state index in [2.05, 4.69) is 10.3 Å². The van der Waals surface area contributed by atoms with E-state index in [1.54, 1.807) is 0 Å². The van der Waals surface area contributed by atoms with Crippen molar-refractivity contribution in [2.45, 2.75) is 38.4 Å². The number of hydrogen-bond acceptors (Lipinski definition) is 5. The molecule has 1 unspecified atom stereocenters.